The zero-order valence-corrected chi connectivity index (χ0v) is 9.88. The van der Waals surface area contributed by atoms with Crippen molar-refractivity contribution in [2.45, 2.75) is 25.8 Å². The van der Waals surface area contributed by atoms with E-state index in [1.807, 2.05) is 18.2 Å². The van der Waals surface area contributed by atoms with Crippen LogP contribution in [0, 0.1) is 0 Å². The molecule has 2 heteroatoms. The van der Waals surface area contributed by atoms with Gasteiger partial charge in [0.05, 0.1) is 0 Å². The SMILES string of the molecule is CCCC(c1ccccc1Cl)N(C)C. The fourth-order valence-corrected chi connectivity index (χ4v) is 1.97. The van der Waals surface area contributed by atoms with Gasteiger partial charge >= 0.3 is 0 Å². The summed E-state index contributed by atoms with van der Waals surface area (Å²) in [5.74, 6) is 0. The summed E-state index contributed by atoms with van der Waals surface area (Å²) in [6.07, 6.45) is 2.32. The maximum atomic E-state index is 6.17. The van der Waals surface area contributed by atoms with Gasteiger partial charge in [0, 0.05) is 11.1 Å². The second-order valence-electron chi connectivity index (χ2n) is 3.79. The molecule has 0 aliphatic carbocycles. The molecule has 1 atom stereocenters. The molecule has 0 N–H and O–H groups in total. The standard InChI is InChI=1S/C12H18ClN/c1-4-7-12(14(2)3)10-8-5-6-9-11(10)13/h5-6,8-9,12H,4,7H2,1-3H3. The molecule has 0 bridgehead atoms. The summed E-state index contributed by atoms with van der Waals surface area (Å²) in [7, 11) is 4.20. The van der Waals surface area contributed by atoms with Crippen molar-refractivity contribution in [3.8, 4) is 0 Å². The Morgan fingerprint density at radius 2 is 1.93 bits per heavy atom. The first-order valence-electron chi connectivity index (χ1n) is 5.07. The maximum Gasteiger partial charge on any atom is 0.0453 e. The predicted octanol–water partition coefficient (Wildman–Crippen LogP) is 3.74. The second kappa shape index (κ2) is 5.38. The zero-order chi connectivity index (χ0) is 10.6. The monoisotopic (exact) mass is 211 g/mol. The van der Waals surface area contributed by atoms with E-state index in [9.17, 15) is 0 Å². The summed E-state index contributed by atoms with van der Waals surface area (Å²) >= 11 is 6.17. The third-order valence-electron chi connectivity index (χ3n) is 2.45. The van der Waals surface area contributed by atoms with Gasteiger partial charge in [-0.15, -0.1) is 0 Å². The smallest absolute Gasteiger partial charge is 0.0453 e. The molecule has 1 aromatic carbocycles. The molecule has 0 amide bonds. The van der Waals surface area contributed by atoms with E-state index in [0.29, 0.717) is 6.04 Å². The van der Waals surface area contributed by atoms with Gasteiger partial charge < -0.3 is 4.90 Å². The van der Waals surface area contributed by atoms with Crippen LogP contribution in [0.1, 0.15) is 31.4 Å². The molecule has 0 aliphatic rings. The van der Waals surface area contributed by atoms with Crippen LogP contribution < -0.4 is 0 Å². The van der Waals surface area contributed by atoms with Gasteiger partial charge in [-0.05, 0) is 32.1 Å². The highest BCUT2D eigenvalue weighted by Crippen LogP contribution is 2.29. The van der Waals surface area contributed by atoms with Crippen LogP contribution in [0.25, 0.3) is 0 Å². The van der Waals surface area contributed by atoms with Crippen molar-refractivity contribution in [2.24, 2.45) is 0 Å². The van der Waals surface area contributed by atoms with Crippen LogP contribution in [0.5, 0.6) is 0 Å². The van der Waals surface area contributed by atoms with Crippen LogP contribution >= 0.6 is 11.6 Å². The normalized spacial score (nSPS) is 13.2. The molecule has 1 nitrogen and oxygen atoms in total. The molecule has 78 valence electrons. The highest BCUT2D eigenvalue weighted by Gasteiger charge is 2.14. The van der Waals surface area contributed by atoms with Crippen LogP contribution in [0.2, 0.25) is 5.02 Å². The lowest BCUT2D eigenvalue weighted by atomic mass is 10.0. The molecule has 0 radical (unpaired) electrons. The minimum absolute atomic E-state index is 0.439. The summed E-state index contributed by atoms with van der Waals surface area (Å²) in [6.45, 7) is 2.20. The number of hydrogen-bond acceptors (Lipinski definition) is 1. The first-order chi connectivity index (χ1) is 6.66. The lowest BCUT2D eigenvalue weighted by Gasteiger charge is -2.25. The molecule has 1 unspecified atom stereocenters. The van der Waals surface area contributed by atoms with Crippen LogP contribution in [-0.4, -0.2) is 19.0 Å². The summed E-state index contributed by atoms with van der Waals surface area (Å²) in [4.78, 5) is 2.23. The average molecular weight is 212 g/mol. The fraction of sp³-hybridized carbons (Fsp3) is 0.500. The first-order valence-corrected chi connectivity index (χ1v) is 5.45. The van der Waals surface area contributed by atoms with E-state index in [0.717, 1.165) is 11.4 Å². The summed E-state index contributed by atoms with van der Waals surface area (Å²) < 4.78 is 0. The molecule has 0 heterocycles. The van der Waals surface area contributed by atoms with Gasteiger partial charge in [0.2, 0.25) is 0 Å². The van der Waals surface area contributed by atoms with Gasteiger partial charge in [-0.2, -0.15) is 0 Å². The van der Waals surface area contributed by atoms with E-state index in [1.54, 1.807) is 0 Å². The lowest BCUT2D eigenvalue weighted by Crippen LogP contribution is -2.20. The minimum atomic E-state index is 0.439. The van der Waals surface area contributed by atoms with E-state index in [4.69, 9.17) is 11.6 Å². The molecule has 0 aromatic heterocycles. The van der Waals surface area contributed by atoms with Crippen LogP contribution in [0.3, 0.4) is 0 Å². The second-order valence-corrected chi connectivity index (χ2v) is 4.20. The Kier molecular flexibility index (Phi) is 4.43. The third kappa shape index (κ3) is 2.73. The molecular weight excluding hydrogens is 194 g/mol. The molecule has 14 heavy (non-hydrogen) atoms. The van der Waals surface area contributed by atoms with E-state index in [2.05, 4.69) is 32.0 Å². The van der Waals surface area contributed by atoms with E-state index in [-0.39, 0.29) is 0 Å². The van der Waals surface area contributed by atoms with Crippen molar-refractivity contribution in [3.05, 3.63) is 34.9 Å². The summed E-state index contributed by atoms with van der Waals surface area (Å²) in [5.41, 5.74) is 1.24. The Hall–Kier alpha value is -0.530. The van der Waals surface area contributed by atoms with Crippen molar-refractivity contribution in [3.63, 3.8) is 0 Å². The minimum Gasteiger partial charge on any atom is -0.302 e. The molecular formula is C12H18ClN. The van der Waals surface area contributed by atoms with Crippen molar-refractivity contribution < 1.29 is 0 Å². The first kappa shape index (κ1) is 11.5. The molecule has 0 fully saturated rings. The van der Waals surface area contributed by atoms with E-state index in [1.165, 1.54) is 12.0 Å². The topological polar surface area (TPSA) is 3.24 Å². The quantitative estimate of drug-likeness (QED) is 0.734. The van der Waals surface area contributed by atoms with Crippen molar-refractivity contribution in [2.75, 3.05) is 14.1 Å². The summed E-state index contributed by atoms with van der Waals surface area (Å²) in [5, 5.41) is 0.875. The number of nitrogens with zero attached hydrogens (tertiary/aromatic N) is 1. The van der Waals surface area contributed by atoms with Crippen molar-refractivity contribution in [1.82, 2.24) is 4.90 Å². The van der Waals surface area contributed by atoms with Crippen molar-refractivity contribution >= 4 is 11.6 Å². The average Bonchev–Trinajstić information content (AvgIpc) is 2.15. The Morgan fingerprint density at radius 1 is 1.29 bits per heavy atom. The highest BCUT2D eigenvalue weighted by atomic mass is 35.5. The number of benzene rings is 1. The maximum absolute atomic E-state index is 6.17. The third-order valence-corrected chi connectivity index (χ3v) is 2.79. The molecule has 0 saturated carbocycles. The highest BCUT2D eigenvalue weighted by molar-refractivity contribution is 6.31. The lowest BCUT2D eigenvalue weighted by molar-refractivity contribution is 0.282. The van der Waals surface area contributed by atoms with Gasteiger partial charge in [-0.1, -0.05) is 43.1 Å². The van der Waals surface area contributed by atoms with Crippen LogP contribution in [0.15, 0.2) is 24.3 Å². The van der Waals surface area contributed by atoms with Crippen LogP contribution in [0.4, 0.5) is 0 Å². The van der Waals surface area contributed by atoms with E-state index >= 15 is 0 Å². The van der Waals surface area contributed by atoms with Gasteiger partial charge in [-0.3, -0.25) is 0 Å². The van der Waals surface area contributed by atoms with Crippen molar-refractivity contribution in [1.29, 1.82) is 0 Å². The number of hydrogen-bond donors (Lipinski definition) is 0. The fourth-order valence-electron chi connectivity index (χ4n) is 1.71. The van der Waals surface area contributed by atoms with Gasteiger partial charge in [0.25, 0.3) is 0 Å². The number of halogens is 1. The van der Waals surface area contributed by atoms with Crippen LogP contribution in [-0.2, 0) is 0 Å². The largest absolute Gasteiger partial charge is 0.302 e. The number of rotatable bonds is 4. The Labute approximate surface area is 91.7 Å². The predicted molar refractivity (Wildman–Crippen MR) is 62.8 cm³/mol. The Balaban J connectivity index is 2.93. The molecule has 0 spiro atoms. The van der Waals surface area contributed by atoms with Gasteiger partial charge in [0.15, 0.2) is 0 Å². The van der Waals surface area contributed by atoms with E-state index < -0.39 is 0 Å². The molecule has 0 saturated heterocycles. The van der Waals surface area contributed by atoms with Gasteiger partial charge in [-0.25, -0.2) is 0 Å². The summed E-state index contributed by atoms with van der Waals surface area (Å²) in [6, 6.07) is 8.54. The zero-order valence-electron chi connectivity index (χ0n) is 9.13. The molecule has 0 aliphatic heterocycles. The molecule has 1 rings (SSSR count). The Morgan fingerprint density at radius 3 is 2.43 bits per heavy atom. The Bertz CT molecular complexity index is 283. The molecule has 1 aromatic rings. The van der Waals surface area contributed by atoms with Gasteiger partial charge in [0.1, 0.15) is 0 Å².